The van der Waals surface area contributed by atoms with E-state index in [1.165, 1.54) is 0 Å². The number of hydrogen-bond donors (Lipinski definition) is 3. The van der Waals surface area contributed by atoms with Crippen LogP contribution in [0.1, 0.15) is 18.0 Å². The number of anilines is 1. The van der Waals surface area contributed by atoms with Crippen molar-refractivity contribution in [2.24, 2.45) is 5.73 Å². The van der Waals surface area contributed by atoms with Crippen LogP contribution in [0.2, 0.25) is 5.02 Å². The molecule has 0 saturated heterocycles. The molecular formula is C18H16ClF2N3O4. The van der Waals surface area contributed by atoms with Crippen LogP contribution in [-0.2, 0) is 14.3 Å². The normalized spacial score (nSPS) is 11.4. The minimum atomic E-state index is -0.858. The van der Waals surface area contributed by atoms with Crippen molar-refractivity contribution in [1.82, 2.24) is 5.32 Å². The van der Waals surface area contributed by atoms with Crippen molar-refractivity contribution in [3.05, 3.63) is 64.7 Å². The van der Waals surface area contributed by atoms with Gasteiger partial charge in [0.1, 0.15) is 11.6 Å². The summed E-state index contributed by atoms with van der Waals surface area (Å²) in [5, 5.41) is 4.95. The molecule has 0 heterocycles. The number of hydrogen-bond acceptors (Lipinski definition) is 4. The van der Waals surface area contributed by atoms with E-state index in [9.17, 15) is 23.2 Å². The van der Waals surface area contributed by atoms with Gasteiger partial charge in [0.15, 0.2) is 6.61 Å². The first-order valence-electron chi connectivity index (χ1n) is 7.96. The molecule has 0 aliphatic rings. The van der Waals surface area contributed by atoms with Crippen molar-refractivity contribution in [2.75, 3.05) is 11.9 Å². The number of rotatable bonds is 7. The minimum absolute atomic E-state index is 0.313. The van der Waals surface area contributed by atoms with E-state index in [2.05, 4.69) is 10.6 Å². The van der Waals surface area contributed by atoms with Crippen LogP contribution in [0, 0.1) is 11.6 Å². The second-order valence-electron chi connectivity index (χ2n) is 5.65. The van der Waals surface area contributed by atoms with E-state index in [1.807, 2.05) is 0 Å². The average Bonchev–Trinajstić information content (AvgIpc) is 2.63. The van der Waals surface area contributed by atoms with Crippen LogP contribution in [0.4, 0.5) is 19.3 Å². The van der Waals surface area contributed by atoms with Crippen LogP contribution in [-0.4, -0.2) is 24.5 Å². The third-order valence-electron chi connectivity index (χ3n) is 3.53. The number of primary amides is 1. The molecule has 10 heteroatoms. The predicted octanol–water partition coefficient (Wildman–Crippen LogP) is 2.90. The third-order valence-corrected chi connectivity index (χ3v) is 3.78. The molecule has 2 aromatic rings. The Morgan fingerprint density at radius 1 is 1.11 bits per heavy atom. The van der Waals surface area contributed by atoms with Gasteiger partial charge in [0, 0.05) is 11.1 Å². The Morgan fingerprint density at radius 3 is 2.43 bits per heavy atom. The lowest BCUT2D eigenvalue weighted by Crippen LogP contribution is -2.35. The fourth-order valence-corrected chi connectivity index (χ4v) is 2.40. The van der Waals surface area contributed by atoms with E-state index in [0.29, 0.717) is 10.6 Å². The van der Waals surface area contributed by atoms with Crippen LogP contribution in [0.25, 0.3) is 0 Å². The summed E-state index contributed by atoms with van der Waals surface area (Å²) in [6.07, 6.45) is -0.313. The fraction of sp³-hybridized carbons (Fsp3) is 0.167. The number of ether oxygens (including phenoxy) is 1. The lowest BCUT2D eigenvalue weighted by Gasteiger charge is -2.17. The van der Waals surface area contributed by atoms with Crippen LogP contribution in [0.15, 0.2) is 42.5 Å². The number of carbonyl (C=O) groups is 3. The van der Waals surface area contributed by atoms with Gasteiger partial charge in [0.05, 0.1) is 18.2 Å². The first-order valence-corrected chi connectivity index (χ1v) is 8.34. The molecule has 7 nitrogen and oxygen atoms in total. The molecule has 0 aliphatic heterocycles. The molecular weight excluding hydrogens is 396 g/mol. The molecule has 0 bridgehead atoms. The van der Waals surface area contributed by atoms with Gasteiger partial charge in [-0.2, -0.15) is 0 Å². The lowest BCUT2D eigenvalue weighted by atomic mass is 10.0. The largest absolute Gasteiger partial charge is 0.455 e. The van der Waals surface area contributed by atoms with Gasteiger partial charge in [-0.05, 0) is 29.8 Å². The van der Waals surface area contributed by atoms with Crippen molar-refractivity contribution >= 4 is 35.2 Å². The standard InChI is InChI=1S/C18H16ClF2N3O4/c19-11-3-1-10(2-4-11)14(24-18(22)27)8-17(26)28-9-16(25)23-15-7-12(20)5-6-13(15)21/h1-7,14H,8-9H2,(H,23,25)(H3,22,24,27). The van der Waals surface area contributed by atoms with Gasteiger partial charge in [-0.1, -0.05) is 23.7 Å². The number of halogens is 3. The van der Waals surface area contributed by atoms with Crippen LogP contribution in [0.5, 0.6) is 0 Å². The summed E-state index contributed by atoms with van der Waals surface area (Å²) in [6, 6.07) is 7.21. The molecule has 28 heavy (non-hydrogen) atoms. The maximum atomic E-state index is 13.5. The van der Waals surface area contributed by atoms with Crippen LogP contribution < -0.4 is 16.4 Å². The maximum Gasteiger partial charge on any atom is 0.312 e. The quantitative estimate of drug-likeness (QED) is 0.608. The van der Waals surface area contributed by atoms with Crippen molar-refractivity contribution < 1.29 is 27.9 Å². The molecule has 148 valence electrons. The van der Waals surface area contributed by atoms with Gasteiger partial charge < -0.3 is 21.1 Å². The molecule has 0 radical (unpaired) electrons. The molecule has 0 spiro atoms. The first kappa shape index (κ1) is 21.1. The Kier molecular flexibility index (Phi) is 7.28. The van der Waals surface area contributed by atoms with Crippen molar-refractivity contribution in [1.29, 1.82) is 0 Å². The van der Waals surface area contributed by atoms with E-state index >= 15 is 0 Å². The zero-order chi connectivity index (χ0) is 20.7. The monoisotopic (exact) mass is 411 g/mol. The second kappa shape index (κ2) is 9.65. The molecule has 0 fully saturated rings. The minimum Gasteiger partial charge on any atom is -0.455 e. The van der Waals surface area contributed by atoms with Crippen molar-refractivity contribution in [3.8, 4) is 0 Å². The van der Waals surface area contributed by atoms with Gasteiger partial charge >= 0.3 is 12.0 Å². The fourth-order valence-electron chi connectivity index (χ4n) is 2.27. The summed E-state index contributed by atoms with van der Waals surface area (Å²) >= 11 is 5.80. The number of nitrogens with two attached hydrogens (primary N) is 1. The zero-order valence-corrected chi connectivity index (χ0v) is 15.1. The highest BCUT2D eigenvalue weighted by molar-refractivity contribution is 6.30. The number of carbonyl (C=O) groups excluding carboxylic acids is 3. The SMILES string of the molecule is NC(=O)NC(CC(=O)OCC(=O)Nc1cc(F)ccc1F)c1ccc(Cl)cc1. The molecule has 1 unspecified atom stereocenters. The van der Waals surface area contributed by atoms with E-state index < -0.39 is 42.2 Å². The molecule has 3 amide bonds. The number of esters is 1. The molecule has 4 N–H and O–H groups in total. The van der Waals surface area contributed by atoms with E-state index in [0.717, 1.165) is 18.2 Å². The van der Waals surface area contributed by atoms with Crippen LogP contribution >= 0.6 is 11.6 Å². The molecule has 0 saturated carbocycles. The van der Waals surface area contributed by atoms with Gasteiger partial charge in [-0.25, -0.2) is 13.6 Å². The summed E-state index contributed by atoms with van der Waals surface area (Å²) in [6.45, 7) is -0.724. The highest BCUT2D eigenvalue weighted by atomic mass is 35.5. The highest BCUT2D eigenvalue weighted by Gasteiger charge is 2.19. The molecule has 2 rings (SSSR count). The average molecular weight is 412 g/mol. The topological polar surface area (TPSA) is 111 Å². The summed E-state index contributed by atoms with van der Waals surface area (Å²) in [5.41, 5.74) is 5.28. The maximum absolute atomic E-state index is 13.5. The van der Waals surface area contributed by atoms with Crippen molar-refractivity contribution in [3.63, 3.8) is 0 Å². The Balaban J connectivity index is 1.93. The van der Waals surface area contributed by atoms with Crippen molar-refractivity contribution in [2.45, 2.75) is 12.5 Å². The molecule has 2 aromatic carbocycles. The Hall–Kier alpha value is -3.20. The number of benzene rings is 2. The van der Waals surface area contributed by atoms with Crippen LogP contribution in [0.3, 0.4) is 0 Å². The molecule has 0 aromatic heterocycles. The van der Waals surface area contributed by atoms with E-state index in [-0.39, 0.29) is 12.1 Å². The lowest BCUT2D eigenvalue weighted by molar-refractivity contribution is -0.147. The Labute approximate surface area is 163 Å². The second-order valence-corrected chi connectivity index (χ2v) is 6.09. The molecule has 0 aliphatic carbocycles. The zero-order valence-electron chi connectivity index (χ0n) is 14.4. The summed E-state index contributed by atoms with van der Waals surface area (Å²) < 4.78 is 31.4. The molecule has 1 atom stereocenters. The Morgan fingerprint density at radius 2 is 1.79 bits per heavy atom. The first-order chi connectivity index (χ1) is 13.2. The number of nitrogens with one attached hydrogen (secondary N) is 2. The van der Waals surface area contributed by atoms with Gasteiger partial charge in [-0.3, -0.25) is 9.59 Å². The third kappa shape index (κ3) is 6.51. The Bertz CT molecular complexity index is 878. The van der Waals surface area contributed by atoms with Gasteiger partial charge in [0.25, 0.3) is 5.91 Å². The van der Waals surface area contributed by atoms with Gasteiger partial charge in [0.2, 0.25) is 0 Å². The summed E-state index contributed by atoms with van der Waals surface area (Å²) in [7, 11) is 0. The highest BCUT2D eigenvalue weighted by Crippen LogP contribution is 2.20. The summed E-state index contributed by atoms with van der Waals surface area (Å²) in [5.74, 6) is -3.25. The van der Waals surface area contributed by atoms with Gasteiger partial charge in [-0.15, -0.1) is 0 Å². The predicted molar refractivity (Wildman–Crippen MR) is 97.5 cm³/mol. The number of amides is 3. The number of urea groups is 1. The summed E-state index contributed by atoms with van der Waals surface area (Å²) in [4.78, 5) is 34.9. The van der Waals surface area contributed by atoms with E-state index in [1.54, 1.807) is 24.3 Å². The smallest absolute Gasteiger partial charge is 0.312 e. The van der Waals surface area contributed by atoms with E-state index in [4.69, 9.17) is 22.1 Å².